The van der Waals surface area contributed by atoms with Gasteiger partial charge < -0.3 is 10.2 Å². The fourth-order valence-electron chi connectivity index (χ4n) is 6.26. The molecule has 2 atom stereocenters. The summed E-state index contributed by atoms with van der Waals surface area (Å²) in [7, 11) is 0. The first-order valence-electron chi connectivity index (χ1n) is 12.2. The van der Waals surface area contributed by atoms with Crippen molar-refractivity contribution in [2.75, 3.05) is 39.3 Å². The highest BCUT2D eigenvalue weighted by Gasteiger charge is 2.53. The molecule has 3 aliphatic heterocycles. The van der Waals surface area contributed by atoms with Crippen LogP contribution < -0.4 is 5.32 Å². The molecule has 6 nitrogen and oxygen atoms in total. The van der Waals surface area contributed by atoms with Crippen molar-refractivity contribution < 1.29 is 9.59 Å². The molecule has 1 aliphatic carbocycles. The van der Waals surface area contributed by atoms with Gasteiger partial charge in [0.15, 0.2) is 0 Å². The van der Waals surface area contributed by atoms with Crippen LogP contribution in [-0.4, -0.2) is 77.9 Å². The van der Waals surface area contributed by atoms with Crippen LogP contribution in [0, 0.1) is 5.41 Å². The molecule has 1 aromatic carbocycles. The molecule has 0 aromatic heterocycles. The molecule has 4 fully saturated rings. The van der Waals surface area contributed by atoms with E-state index in [2.05, 4.69) is 39.4 Å². The Morgan fingerprint density at radius 2 is 1.74 bits per heavy atom. The van der Waals surface area contributed by atoms with E-state index in [1.807, 2.05) is 11.0 Å². The summed E-state index contributed by atoms with van der Waals surface area (Å²) in [5.41, 5.74) is 0.889. The van der Waals surface area contributed by atoms with E-state index in [1.165, 1.54) is 37.7 Å². The summed E-state index contributed by atoms with van der Waals surface area (Å²) in [5.74, 6) is 0.220. The van der Waals surface area contributed by atoms with Crippen molar-refractivity contribution in [2.24, 2.45) is 5.41 Å². The number of likely N-dealkylation sites (tertiary alicyclic amines) is 1. The number of hydrogen-bond acceptors (Lipinski definition) is 4. The van der Waals surface area contributed by atoms with Crippen molar-refractivity contribution >= 4 is 11.8 Å². The molecule has 0 unspecified atom stereocenters. The van der Waals surface area contributed by atoms with Gasteiger partial charge in [-0.25, -0.2) is 0 Å². The van der Waals surface area contributed by atoms with E-state index in [1.54, 1.807) is 0 Å². The second-order valence-corrected chi connectivity index (χ2v) is 10.1. The molecule has 1 aromatic rings. The third-order valence-electron chi connectivity index (χ3n) is 8.08. The second kappa shape index (κ2) is 8.91. The molecule has 5 rings (SSSR count). The lowest BCUT2D eigenvalue weighted by atomic mass is 9.83. The summed E-state index contributed by atoms with van der Waals surface area (Å²) in [5, 5.41) is 3.07. The maximum absolute atomic E-state index is 13.2. The van der Waals surface area contributed by atoms with E-state index in [-0.39, 0.29) is 23.3 Å². The zero-order valence-electron chi connectivity index (χ0n) is 18.6. The number of nitrogens with one attached hydrogen (secondary N) is 1. The topological polar surface area (TPSA) is 55.9 Å². The third kappa shape index (κ3) is 4.37. The van der Waals surface area contributed by atoms with E-state index >= 15 is 0 Å². The molecule has 0 radical (unpaired) electrons. The summed E-state index contributed by atoms with van der Waals surface area (Å²) < 4.78 is 0. The largest absolute Gasteiger partial charge is 0.344 e. The molecule has 2 amide bonds. The third-order valence-corrected chi connectivity index (χ3v) is 8.08. The first-order valence-corrected chi connectivity index (χ1v) is 12.2. The van der Waals surface area contributed by atoms with Gasteiger partial charge in [0.2, 0.25) is 11.8 Å². The van der Waals surface area contributed by atoms with Gasteiger partial charge in [-0.05, 0) is 37.8 Å². The van der Waals surface area contributed by atoms with Gasteiger partial charge in [0.1, 0.15) is 6.04 Å². The van der Waals surface area contributed by atoms with Crippen LogP contribution in [0.2, 0.25) is 0 Å². The quantitative estimate of drug-likeness (QED) is 0.806. The van der Waals surface area contributed by atoms with E-state index in [4.69, 9.17) is 0 Å². The van der Waals surface area contributed by atoms with Gasteiger partial charge in [-0.15, -0.1) is 0 Å². The van der Waals surface area contributed by atoms with E-state index in [0.717, 1.165) is 58.3 Å². The maximum atomic E-state index is 13.2. The van der Waals surface area contributed by atoms with Crippen molar-refractivity contribution in [3.05, 3.63) is 35.9 Å². The summed E-state index contributed by atoms with van der Waals surface area (Å²) in [6.45, 7) is 6.11. The van der Waals surface area contributed by atoms with Crippen molar-refractivity contribution in [3.8, 4) is 0 Å². The molecule has 3 saturated heterocycles. The van der Waals surface area contributed by atoms with Crippen LogP contribution >= 0.6 is 0 Å². The first-order chi connectivity index (χ1) is 15.1. The fraction of sp³-hybridized carbons (Fsp3) is 0.680. The van der Waals surface area contributed by atoms with Crippen molar-refractivity contribution in [1.82, 2.24) is 20.0 Å². The Kier molecular flexibility index (Phi) is 6.02. The minimum absolute atomic E-state index is 0.0854. The standard InChI is InChI=1S/C25H36N4O2/c30-23(29-15-13-28(14-16-29)21-9-5-2-6-10-21)22-17-25(24(31)26-22)11-12-27(19-25)18-20-7-3-1-4-8-20/h1,3-4,7-8,21-22H,2,5-6,9-19H2,(H,26,31)/t22-,25-/m0/s1. The Morgan fingerprint density at radius 3 is 2.48 bits per heavy atom. The molecule has 6 heteroatoms. The molecule has 31 heavy (non-hydrogen) atoms. The molecular weight excluding hydrogens is 388 g/mol. The zero-order valence-corrected chi connectivity index (χ0v) is 18.6. The van der Waals surface area contributed by atoms with Gasteiger partial charge in [-0.2, -0.15) is 0 Å². The Bertz CT molecular complexity index is 786. The summed E-state index contributed by atoms with van der Waals surface area (Å²) in [6, 6.07) is 10.8. The van der Waals surface area contributed by atoms with Gasteiger partial charge >= 0.3 is 0 Å². The van der Waals surface area contributed by atoms with Crippen LogP contribution in [-0.2, 0) is 16.1 Å². The minimum atomic E-state index is -0.390. The molecule has 1 spiro atoms. The molecular formula is C25H36N4O2. The Morgan fingerprint density at radius 1 is 1.00 bits per heavy atom. The van der Waals surface area contributed by atoms with Crippen molar-refractivity contribution in [3.63, 3.8) is 0 Å². The lowest BCUT2D eigenvalue weighted by Gasteiger charge is -2.41. The first kappa shape index (κ1) is 21.0. The van der Waals surface area contributed by atoms with Crippen LogP contribution in [0.25, 0.3) is 0 Å². The van der Waals surface area contributed by atoms with E-state index in [0.29, 0.717) is 6.42 Å². The van der Waals surface area contributed by atoms with Gasteiger partial charge in [0, 0.05) is 45.3 Å². The van der Waals surface area contributed by atoms with Gasteiger partial charge in [0.25, 0.3) is 0 Å². The number of hydrogen-bond donors (Lipinski definition) is 1. The maximum Gasteiger partial charge on any atom is 0.245 e. The number of benzene rings is 1. The number of nitrogens with zero attached hydrogens (tertiary/aromatic N) is 3. The monoisotopic (exact) mass is 424 g/mol. The smallest absolute Gasteiger partial charge is 0.245 e. The Labute approximate surface area is 185 Å². The lowest BCUT2D eigenvalue weighted by Crippen LogP contribution is -2.55. The lowest BCUT2D eigenvalue weighted by molar-refractivity contribution is -0.136. The number of piperazine rings is 1. The van der Waals surface area contributed by atoms with Gasteiger partial charge in [-0.1, -0.05) is 49.6 Å². The molecule has 4 aliphatic rings. The van der Waals surface area contributed by atoms with Gasteiger partial charge in [0.05, 0.1) is 5.41 Å². The molecule has 1 N–H and O–H groups in total. The number of amides is 2. The normalized spacial score (nSPS) is 30.8. The van der Waals surface area contributed by atoms with Crippen molar-refractivity contribution in [1.29, 1.82) is 0 Å². The molecule has 3 heterocycles. The summed E-state index contributed by atoms with van der Waals surface area (Å²) in [6.07, 6.45) is 8.20. The molecule has 1 saturated carbocycles. The van der Waals surface area contributed by atoms with Crippen LogP contribution in [0.5, 0.6) is 0 Å². The summed E-state index contributed by atoms with van der Waals surface area (Å²) >= 11 is 0. The average molecular weight is 425 g/mol. The van der Waals surface area contributed by atoms with Crippen LogP contribution in [0.4, 0.5) is 0 Å². The fourth-order valence-corrected chi connectivity index (χ4v) is 6.26. The predicted molar refractivity (Wildman–Crippen MR) is 120 cm³/mol. The average Bonchev–Trinajstić information content (AvgIpc) is 3.37. The number of carbonyl (C=O) groups excluding carboxylic acids is 2. The van der Waals surface area contributed by atoms with E-state index < -0.39 is 0 Å². The summed E-state index contributed by atoms with van der Waals surface area (Å²) in [4.78, 5) is 33.1. The minimum Gasteiger partial charge on any atom is -0.344 e. The molecule has 168 valence electrons. The Hall–Kier alpha value is -1.92. The highest BCUT2D eigenvalue weighted by molar-refractivity contribution is 5.94. The zero-order chi connectivity index (χ0) is 21.3. The van der Waals surface area contributed by atoms with Crippen LogP contribution in [0.3, 0.4) is 0 Å². The highest BCUT2D eigenvalue weighted by atomic mass is 16.2. The van der Waals surface area contributed by atoms with Crippen molar-refractivity contribution in [2.45, 2.75) is 63.6 Å². The predicted octanol–water partition coefficient (Wildman–Crippen LogP) is 2.24. The SMILES string of the molecule is O=C([C@@H]1C[C@]2(CCN(Cc3ccccc3)C2)C(=O)N1)N1CCN(C2CCCCC2)CC1. The van der Waals surface area contributed by atoms with E-state index in [9.17, 15) is 9.59 Å². The number of carbonyl (C=O) groups is 2. The van der Waals surface area contributed by atoms with Gasteiger partial charge in [-0.3, -0.25) is 19.4 Å². The highest BCUT2D eigenvalue weighted by Crippen LogP contribution is 2.40. The number of rotatable bonds is 4. The Balaban J connectivity index is 1.14. The second-order valence-electron chi connectivity index (χ2n) is 10.1. The van der Waals surface area contributed by atoms with Crippen LogP contribution in [0.15, 0.2) is 30.3 Å². The molecule has 0 bridgehead atoms. The van der Waals surface area contributed by atoms with Crippen LogP contribution in [0.1, 0.15) is 50.5 Å².